The summed E-state index contributed by atoms with van der Waals surface area (Å²) >= 11 is 0. The first kappa shape index (κ1) is 14.9. The molecule has 0 unspecified atom stereocenters. The highest BCUT2D eigenvalue weighted by atomic mass is 16.4. The summed E-state index contributed by atoms with van der Waals surface area (Å²) < 4.78 is 0. The van der Waals surface area contributed by atoms with Gasteiger partial charge in [0.2, 0.25) is 0 Å². The van der Waals surface area contributed by atoms with Crippen molar-refractivity contribution in [2.24, 2.45) is 0 Å². The molecule has 1 aromatic carbocycles. The van der Waals surface area contributed by atoms with E-state index in [2.05, 4.69) is 4.98 Å². The molecule has 112 valence electrons. The monoisotopic (exact) mass is 305 g/mol. The number of nitrogens with zero attached hydrogens (tertiary/aromatic N) is 1. The minimum absolute atomic E-state index is 0.134. The number of carbonyl (C=O) groups is 4. The quantitative estimate of drug-likeness (QED) is 0.645. The predicted octanol–water partition coefficient (Wildman–Crippen LogP) is 1.03. The largest absolute Gasteiger partial charge is 0.478 e. The molecule has 2 rings (SSSR count). The van der Waals surface area contributed by atoms with Crippen LogP contribution in [0, 0.1) is 0 Å². The maximum atomic E-state index is 11.4. The number of pyridine rings is 1. The summed E-state index contributed by atoms with van der Waals surface area (Å²) in [6.07, 6.45) is 0.778. The van der Waals surface area contributed by atoms with Gasteiger partial charge in [0.15, 0.2) is 0 Å². The predicted molar refractivity (Wildman–Crippen MR) is 69.6 cm³/mol. The van der Waals surface area contributed by atoms with Crippen molar-refractivity contribution in [3.8, 4) is 0 Å². The minimum atomic E-state index is -1.70. The lowest BCUT2D eigenvalue weighted by Gasteiger charge is -2.10. The van der Waals surface area contributed by atoms with E-state index in [1.54, 1.807) is 0 Å². The third kappa shape index (κ3) is 2.20. The number of benzene rings is 1. The molecule has 0 aliphatic carbocycles. The summed E-state index contributed by atoms with van der Waals surface area (Å²) in [6.45, 7) is 0. The van der Waals surface area contributed by atoms with E-state index in [0.29, 0.717) is 0 Å². The zero-order chi connectivity index (χ0) is 16.6. The Morgan fingerprint density at radius 3 is 1.68 bits per heavy atom. The first-order chi connectivity index (χ1) is 10.3. The molecule has 9 heteroatoms. The van der Waals surface area contributed by atoms with E-state index >= 15 is 0 Å². The first-order valence-electron chi connectivity index (χ1n) is 5.64. The lowest BCUT2D eigenvalue weighted by Crippen LogP contribution is -2.15. The van der Waals surface area contributed by atoms with Crippen molar-refractivity contribution in [2.45, 2.75) is 0 Å². The van der Waals surface area contributed by atoms with Crippen molar-refractivity contribution < 1.29 is 39.6 Å². The van der Waals surface area contributed by atoms with Crippen LogP contribution in [0.25, 0.3) is 10.9 Å². The number of carboxylic acids is 4. The molecule has 22 heavy (non-hydrogen) atoms. The summed E-state index contributed by atoms with van der Waals surface area (Å²) in [7, 11) is 0. The van der Waals surface area contributed by atoms with Gasteiger partial charge in [-0.05, 0) is 12.1 Å². The number of fused-ring (bicyclic) bond motifs is 1. The van der Waals surface area contributed by atoms with Crippen LogP contribution in [0.15, 0.2) is 18.3 Å². The Morgan fingerprint density at radius 2 is 1.23 bits per heavy atom. The van der Waals surface area contributed by atoms with Crippen LogP contribution in [0.4, 0.5) is 0 Å². The van der Waals surface area contributed by atoms with Crippen molar-refractivity contribution >= 4 is 34.8 Å². The number of aromatic carboxylic acids is 4. The van der Waals surface area contributed by atoms with Crippen LogP contribution in [0.2, 0.25) is 0 Å². The number of carboxylic acid groups (broad SMARTS) is 4. The zero-order valence-electron chi connectivity index (χ0n) is 10.6. The molecular formula is C13H7NO8. The van der Waals surface area contributed by atoms with Crippen LogP contribution in [0.3, 0.4) is 0 Å². The van der Waals surface area contributed by atoms with Gasteiger partial charge in [-0.15, -0.1) is 0 Å². The molecule has 9 nitrogen and oxygen atoms in total. The van der Waals surface area contributed by atoms with Crippen molar-refractivity contribution in [1.29, 1.82) is 0 Å². The first-order valence-corrected chi connectivity index (χ1v) is 5.64. The van der Waals surface area contributed by atoms with E-state index in [1.807, 2.05) is 0 Å². The topological polar surface area (TPSA) is 162 Å². The van der Waals surface area contributed by atoms with Gasteiger partial charge in [0.05, 0.1) is 27.8 Å². The van der Waals surface area contributed by atoms with Gasteiger partial charge >= 0.3 is 23.9 Å². The Balaban J connectivity index is 3.13. The van der Waals surface area contributed by atoms with Crippen LogP contribution in [0.5, 0.6) is 0 Å². The van der Waals surface area contributed by atoms with E-state index in [9.17, 15) is 29.4 Å². The number of rotatable bonds is 4. The normalized spacial score (nSPS) is 10.4. The maximum Gasteiger partial charge on any atom is 0.338 e. The van der Waals surface area contributed by atoms with Gasteiger partial charge in [-0.2, -0.15) is 0 Å². The minimum Gasteiger partial charge on any atom is -0.478 e. The highest BCUT2D eigenvalue weighted by molar-refractivity contribution is 6.19. The van der Waals surface area contributed by atoms with E-state index in [4.69, 9.17) is 10.2 Å². The van der Waals surface area contributed by atoms with Crippen LogP contribution in [-0.4, -0.2) is 49.3 Å². The van der Waals surface area contributed by atoms with Gasteiger partial charge in [-0.25, -0.2) is 19.2 Å². The molecule has 0 fully saturated rings. The summed E-state index contributed by atoms with van der Waals surface area (Å²) in [5.41, 5.74) is -3.17. The highest BCUT2D eigenvalue weighted by Crippen LogP contribution is 2.27. The highest BCUT2D eigenvalue weighted by Gasteiger charge is 2.27. The van der Waals surface area contributed by atoms with Crippen LogP contribution in [-0.2, 0) is 0 Å². The van der Waals surface area contributed by atoms with Crippen LogP contribution < -0.4 is 0 Å². The second-order valence-corrected chi connectivity index (χ2v) is 4.15. The third-order valence-electron chi connectivity index (χ3n) is 2.92. The van der Waals surface area contributed by atoms with Gasteiger partial charge in [-0.3, -0.25) is 4.98 Å². The number of aromatic nitrogens is 1. The fourth-order valence-electron chi connectivity index (χ4n) is 2.07. The second kappa shape index (κ2) is 5.13. The average Bonchev–Trinajstić information content (AvgIpc) is 2.43. The molecule has 0 bridgehead atoms. The Bertz CT molecular complexity index is 788. The van der Waals surface area contributed by atoms with Crippen molar-refractivity contribution in [3.05, 3.63) is 40.6 Å². The molecule has 0 saturated carbocycles. The van der Waals surface area contributed by atoms with Crippen molar-refractivity contribution in [2.75, 3.05) is 0 Å². The maximum absolute atomic E-state index is 11.4. The summed E-state index contributed by atoms with van der Waals surface area (Å²) in [5, 5.41) is 35.9. The van der Waals surface area contributed by atoms with Gasteiger partial charge in [0.25, 0.3) is 0 Å². The number of hydrogen-bond acceptors (Lipinski definition) is 5. The third-order valence-corrected chi connectivity index (χ3v) is 2.92. The van der Waals surface area contributed by atoms with E-state index < -0.39 is 51.5 Å². The second-order valence-electron chi connectivity index (χ2n) is 4.15. The van der Waals surface area contributed by atoms with E-state index in [0.717, 1.165) is 18.3 Å². The molecule has 0 saturated heterocycles. The standard InChI is InChI=1S/C13H7NO8/c15-10(16)4-1-2-6-9(7(4)12(19)20)8(13(21)22)5(3-14-6)11(17)18/h1-3H,(H,15,16)(H,17,18)(H,19,20)(H,21,22). The van der Waals surface area contributed by atoms with E-state index in [1.165, 1.54) is 0 Å². The Kier molecular flexibility index (Phi) is 3.47. The lowest BCUT2D eigenvalue weighted by atomic mass is 9.95. The molecule has 2 aromatic rings. The molecule has 0 aliphatic rings. The Hall–Kier alpha value is -3.49. The van der Waals surface area contributed by atoms with Crippen LogP contribution in [0.1, 0.15) is 41.4 Å². The molecule has 1 heterocycles. The van der Waals surface area contributed by atoms with Gasteiger partial charge in [0.1, 0.15) is 0 Å². The van der Waals surface area contributed by atoms with Crippen LogP contribution >= 0.6 is 0 Å². The average molecular weight is 305 g/mol. The molecule has 0 spiro atoms. The van der Waals surface area contributed by atoms with E-state index in [-0.39, 0.29) is 5.52 Å². The molecule has 1 aromatic heterocycles. The summed E-state index contributed by atoms with van der Waals surface area (Å²) in [4.78, 5) is 48.6. The SMILES string of the molecule is O=C(O)c1ccc2ncc(C(=O)O)c(C(=O)O)c2c1C(=O)O. The van der Waals surface area contributed by atoms with Gasteiger partial charge < -0.3 is 20.4 Å². The number of hydrogen-bond donors (Lipinski definition) is 4. The van der Waals surface area contributed by atoms with Crippen molar-refractivity contribution in [1.82, 2.24) is 4.98 Å². The Labute approximate surface area is 121 Å². The Morgan fingerprint density at radius 1 is 0.727 bits per heavy atom. The lowest BCUT2D eigenvalue weighted by molar-refractivity contribution is 0.0647. The van der Waals surface area contributed by atoms with Crippen molar-refractivity contribution in [3.63, 3.8) is 0 Å². The molecule has 0 amide bonds. The molecular weight excluding hydrogens is 298 g/mol. The fraction of sp³-hybridized carbons (Fsp3) is 0. The molecule has 4 N–H and O–H groups in total. The van der Waals surface area contributed by atoms with Gasteiger partial charge in [-0.1, -0.05) is 0 Å². The molecule has 0 aliphatic heterocycles. The molecule has 0 radical (unpaired) electrons. The van der Waals surface area contributed by atoms with Gasteiger partial charge in [0, 0.05) is 11.6 Å². The zero-order valence-corrected chi connectivity index (χ0v) is 10.6. The summed E-state index contributed by atoms with van der Waals surface area (Å²) in [5.74, 6) is -6.61. The fourth-order valence-corrected chi connectivity index (χ4v) is 2.07. The smallest absolute Gasteiger partial charge is 0.338 e. The molecule has 0 atom stereocenters. The summed E-state index contributed by atoms with van der Waals surface area (Å²) in [6, 6.07) is 2.08.